The van der Waals surface area contributed by atoms with Gasteiger partial charge >= 0.3 is 0 Å². The highest BCUT2D eigenvalue weighted by atomic mass is 32.1. The van der Waals surface area contributed by atoms with Gasteiger partial charge in [0.25, 0.3) is 0 Å². The zero-order valence-corrected chi connectivity index (χ0v) is 32.0. The van der Waals surface area contributed by atoms with Gasteiger partial charge in [-0.15, -0.1) is 11.3 Å². The lowest BCUT2D eigenvalue weighted by molar-refractivity contribution is 0.411. The van der Waals surface area contributed by atoms with Crippen molar-refractivity contribution < 1.29 is 4.42 Å². The van der Waals surface area contributed by atoms with Crippen LogP contribution < -0.4 is 10.6 Å². The molecule has 0 spiro atoms. The predicted molar refractivity (Wildman–Crippen MR) is 237 cm³/mol. The van der Waals surface area contributed by atoms with Crippen LogP contribution in [0.25, 0.3) is 69.8 Å². The van der Waals surface area contributed by atoms with Gasteiger partial charge in [-0.3, -0.25) is 5.32 Å². The van der Waals surface area contributed by atoms with E-state index in [0.29, 0.717) is 0 Å². The van der Waals surface area contributed by atoms with Gasteiger partial charge in [0.1, 0.15) is 29.3 Å². The van der Waals surface area contributed by atoms with Gasteiger partial charge in [-0.25, -0.2) is 4.99 Å². The van der Waals surface area contributed by atoms with E-state index in [1.165, 1.54) is 71.8 Å². The largest absolute Gasteiger partial charge is 0.455 e. The molecule has 12 rings (SSSR count). The minimum absolute atomic E-state index is 0.138. The molecular weight excluding hydrogens is 717 g/mol. The van der Waals surface area contributed by atoms with E-state index in [2.05, 4.69) is 167 Å². The SMILES string of the molecule is c1ccc(C2=NC(c3ccccc3)NC(c3cccc4c3sc3ccc(-c5cccc6c5oc5cccc(-n7c8c(c9ccccc97)CCCC8)c56)cc34)N2)cc1. The fourth-order valence-electron chi connectivity index (χ4n) is 9.50. The monoisotopic (exact) mass is 754 g/mol. The summed E-state index contributed by atoms with van der Waals surface area (Å²) in [6.07, 6.45) is 4.39. The Morgan fingerprint density at radius 3 is 2.33 bits per heavy atom. The zero-order valence-electron chi connectivity index (χ0n) is 31.2. The normalized spacial score (nSPS) is 17.0. The highest BCUT2D eigenvalue weighted by molar-refractivity contribution is 7.26. The smallest absolute Gasteiger partial charge is 0.143 e. The summed E-state index contributed by atoms with van der Waals surface area (Å²) in [7, 11) is 0. The maximum Gasteiger partial charge on any atom is 0.143 e. The third-order valence-corrected chi connectivity index (χ3v) is 13.3. The number of thiophene rings is 1. The maximum absolute atomic E-state index is 6.87. The number of para-hydroxylation sites is 2. The second-order valence-electron chi connectivity index (χ2n) is 15.4. The molecule has 1 aliphatic carbocycles. The Balaban J connectivity index is 0.978. The van der Waals surface area contributed by atoms with E-state index in [1.54, 1.807) is 0 Å². The van der Waals surface area contributed by atoms with Gasteiger partial charge in [-0.2, -0.15) is 0 Å². The number of furan rings is 1. The number of nitrogens with one attached hydrogen (secondary N) is 2. The number of aliphatic imine (C=N–C) groups is 1. The summed E-state index contributed by atoms with van der Waals surface area (Å²) in [5.74, 6) is 0.889. The van der Waals surface area contributed by atoms with Crippen LogP contribution in [0.2, 0.25) is 0 Å². The summed E-state index contributed by atoms with van der Waals surface area (Å²) >= 11 is 1.85. The van der Waals surface area contributed by atoms with Crippen molar-refractivity contribution in [2.75, 3.05) is 0 Å². The first kappa shape index (κ1) is 32.7. The van der Waals surface area contributed by atoms with Crippen molar-refractivity contribution in [1.82, 2.24) is 15.2 Å². The molecule has 1 aliphatic heterocycles. The summed E-state index contributed by atoms with van der Waals surface area (Å²) < 4.78 is 11.9. The number of benzene rings is 7. The number of rotatable bonds is 5. The Morgan fingerprint density at radius 1 is 0.649 bits per heavy atom. The third kappa shape index (κ3) is 5.21. The molecule has 0 bridgehead atoms. The lowest BCUT2D eigenvalue weighted by atomic mass is 9.95. The van der Waals surface area contributed by atoms with E-state index in [0.717, 1.165) is 57.5 Å². The molecule has 4 heterocycles. The molecule has 6 heteroatoms. The standard InChI is InChI=1S/C51H38N4OS/c1-3-14-31(15-4-1)49-52-50(32-16-5-2-6-17-32)54-51(53-49)39-23-12-21-37-40-30-33(28-29-45(40)57-48(37)39)34-20-11-22-38-46-43(26-13-27-44(46)56-47(34)38)55-41-24-9-7-18-35(41)36-19-8-10-25-42(36)55/h1-7,9,11-18,20-24,26-30,49,51,53H,8,10,19,25H2,(H,52,54). The summed E-state index contributed by atoms with van der Waals surface area (Å²) in [5, 5.41) is 13.8. The molecule has 0 saturated carbocycles. The zero-order chi connectivity index (χ0) is 37.5. The number of nitrogens with zero attached hydrogens (tertiary/aromatic N) is 2. The van der Waals surface area contributed by atoms with E-state index >= 15 is 0 Å². The van der Waals surface area contributed by atoms with Crippen LogP contribution in [0.3, 0.4) is 0 Å². The molecule has 2 aliphatic rings. The second kappa shape index (κ2) is 13.1. The van der Waals surface area contributed by atoms with Gasteiger partial charge in [-0.05, 0) is 72.7 Å². The number of amidine groups is 1. The minimum atomic E-state index is -0.185. The van der Waals surface area contributed by atoms with Crippen LogP contribution in [0, 0.1) is 0 Å². The fraction of sp³-hybridized carbons (Fsp3) is 0.118. The highest BCUT2D eigenvalue weighted by Gasteiger charge is 2.28. The quantitative estimate of drug-likeness (QED) is 0.184. The molecule has 0 saturated heterocycles. The lowest BCUT2D eigenvalue weighted by Gasteiger charge is -2.32. The Bertz CT molecular complexity index is 3210. The topological polar surface area (TPSA) is 54.5 Å². The summed E-state index contributed by atoms with van der Waals surface area (Å²) in [6, 6.07) is 56.7. The van der Waals surface area contributed by atoms with Crippen molar-refractivity contribution in [3.05, 3.63) is 186 Å². The molecule has 2 unspecified atom stereocenters. The number of aromatic nitrogens is 1. The Kier molecular flexibility index (Phi) is 7.50. The van der Waals surface area contributed by atoms with Crippen molar-refractivity contribution in [1.29, 1.82) is 0 Å². The van der Waals surface area contributed by atoms with E-state index in [1.807, 2.05) is 17.4 Å². The first-order valence-corrected chi connectivity index (χ1v) is 20.8. The van der Waals surface area contributed by atoms with Gasteiger partial charge in [0, 0.05) is 53.3 Å². The van der Waals surface area contributed by atoms with Gasteiger partial charge in [0.05, 0.1) is 16.6 Å². The van der Waals surface area contributed by atoms with Crippen molar-refractivity contribution in [2.45, 2.75) is 38.0 Å². The predicted octanol–water partition coefficient (Wildman–Crippen LogP) is 12.8. The van der Waals surface area contributed by atoms with Crippen LogP contribution in [0.1, 0.15) is 53.1 Å². The van der Waals surface area contributed by atoms with Gasteiger partial charge < -0.3 is 14.3 Å². The molecule has 0 radical (unpaired) electrons. The number of aryl methyl sites for hydroxylation is 1. The van der Waals surface area contributed by atoms with Crippen LogP contribution in [-0.2, 0) is 12.8 Å². The van der Waals surface area contributed by atoms with Gasteiger partial charge in [0.2, 0.25) is 0 Å². The van der Waals surface area contributed by atoms with E-state index in [9.17, 15) is 0 Å². The van der Waals surface area contributed by atoms with Gasteiger partial charge in [0.15, 0.2) is 0 Å². The molecule has 2 atom stereocenters. The number of hydrogen-bond donors (Lipinski definition) is 2. The van der Waals surface area contributed by atoms with E-state index in [-0.39, 0.29) is 12.3 Å². The molecule has 5 nitrogen and oxygen atoms in total. The molecule has 2 N–H and O–H groups in total. The molecule has 3 aromatic heterocycles. The van der Waals surface area contributed by atoms with Gasteiger partial charge in [-0.1, -0.05) is 127 Å². The first-order valence-electron chi connectivity index (χ1n) is 20.0. The summed E-state index contributed by atoms with van der Waals surface area (Å²) in [4.78, 5) is 5.15. The Morgan fingerprint density at radius 2 is 1.42 bits per heavy atom. The van der Waals surface area contributed by atoms with Crippen LogP contribution in [0.4, 0.5) is 0 Å². The maximum atomic E-state index is 6.87. The molecular formula is C51H38N4OS. The van der Waals surface area contributed by atoms with Crippen molar-refractivity contribution >= 4 is 70.2 Å². The molecule has 10 aromatic rings. The van der Waals surface area contributed by atoms with Crippen LogP contribution in [0.5, 0.6) is 0 Å². The molecule has 0 fully saturated rings. The fourth-order valence-corrected chi connectivity index (χ4v) is 10.7. The lowest BCUT2D eigenvalue weighted by Crippen LogP contribution is -2.45. The number of hydrogen-bond acceptors (Lipinski definition) is 5. The molecule has 7 aromatic carbocycles. The van der Waals surface area contributed by atoms with E-state index in [4.69, 9.17) is 9.41 Å². The highest BCUT2D eigenvalue weighted by Crippen LogP contribution is 2.44. The minimum Gasteiger partial charge on any atom is -0.455 e. The first-order chi connectivity index (χ1) is 28.3. The summed E-state index contributed by atoms with van der Waals surface area (Å²) in [6.45, 7) is 0. The van der Waals surface area contributed by atoms with Crippen LogP contribution in [-0.4, -0.2) is 10.4 Å². The van der Waals surface area contributed by atoms with Crippen LogP contribution in [0.15, 0.2) is 167 Å². The average Bonchev–Trinajstić information content (AvgIpc) is 3.96. The van der Waals surface area contributed by atoms with Crippen molar-refractivity contribution in [2.24, 2.45) is 4.99 Å². The Labute approximate surface area is 333 Å². The number of fused-ring (bicyclic) bond motifs is 9. The van der Waals surface area contributed by atoms with Crippen molar-refractivity contribution in [3.63, 3.8) is 0 Å². The average molecular weight is 755 g/mol. The summed E-state index contributed by atoms with van der Waals surface area (Å²) in [5.41, 5.74) is 13.0. The molecule has 0 amide bonds. The molecule has 274 valence electrons. The second-order valence-corrected chi connectivity index (χ2v) is 16.4. The molecule has 57 heavy (non-hydrogen) atoms. The van der Waals surface area contributed by atoms with E-state index < -0.39 is 0 Å². The van der Waals surface area contributed by atoms with Crippen molar-refractivity contribution in [3.8, 4) is 16.8 Å². The Hall–Kier alpha value is -6.47. The third-order valence-electron chi connectivity index (χ3n) is 12.1. The van der Waals surface area contributed by atoms with Crippen LogP contribution >= 0.6 is 11.3 Å².